The number of nitrogens with zero attached hydrogens (tertiary/aromatic N) is 1. The fourth-order valence-electron chi connectivity index (χ4n) is 1.87. The Labute approximate surface area is 139 Å². The fourth-order valence-corrected chi connectivity index (χ4v) is 2.92. The lowest BCUT2D eigenvalue weighted by Gasteiger charge is -2.09. The van der Waals surface area contributed by atoms with Crippen molar-refractivity contribution in [3.8, 4) is 6.07 Å². The first kappa shape index (κ1) is 17.3. The van der Waals surface area contributed by atoms with Gasteiger partial charge in [-0.3, -0.25) is 10.0 Å². The van der Waals surface area contributed by atoms with E-state index in [2.05, 4.69) is 10.0 Å². The summed E-state index contributed by atoms with van der Waals surface area (Å²) in [5.74, 6) is 0. The highest BCUT2D eigenvalue weighted by molar-refractivity contribution is 7.92. The highest BCUT2D eigenvalue weighted by Crippen LogP contribution is 2.19. The molecule has 0 fully saturated rings. The van der Waals surface area contributed by atoms with Crippen LogP contribution >= 0.6 is 0 Å². The van der Waals surface area contributed by atoms with Crippen LogP contribution in [-0.2, 0) is 14.8 Å². The molecule has 2 aromatic carbocycles. The summed E-state index contributed by atoms with van der Waals surface area (Å²) in [5, 5.41) is 11.3. The van der Waals surface area contributed by atoms with Gasteiger partial charge in [0.25, 0.3) is 10.0 Å². The number of nitriles is 1. The van der Waals surface area contributed by atoms with Crippen molar-refractivity contribution >= 4 is 27.5 Å². The predicted octanol–water partition coefficient (Wildman–Crippen LogP) is 2.93. The summed E-state index contributed by atoms with van der Waals surface area (Å²) in [6.45, 7) is 1.92. The van der Waals surface area contributed by atoms with E-state index in [1.54, 1.807) is 25.1 Å². The molecular formula is C16H15N3O4S. The van der Waals surface area contributed by atoms with Crippen molar-refractivity contribution in [1.29, 1.82) is 5.26 Å². The second-order valence-corrected chi connectivity index (χ2v) is 6.35. The average Bonchev–Trinajstić information content (AvgIpc) is 2.55. The smallest absolute Gasteiger partial charge is 0.411 e. The zero-order valence-corrected chi connectivity index (χ0v) is 13.6. The molecule has 2 rings (SSSR count). The van der Waals surface area contributed by atoms with E-state index in [1.165, 1.54) is 30.3 Å². The monoisotopic (exact) mass is 345 g/mol. The molecule has 1 amide bonds. The molecule has 0 aromatic heterocycles. The maximum Gasteiger partial charge on any atom is 0.411 e. The number of nitrogens with one attached hydrogen (secondary N) is 2. The van der Waals surface area contributed by atoms with Crippen LogP contribution < -0.4 is 10.0 Å². The van der Waals surface area contributed by atoms with E-state index in [1.807, 2.05) is 6.07 Å². The van der Waals surface area contributed by atoms with Gasteiger partial charge in [0.05, 0.1) is 28.8 Å². The molecule has 0 atom stereocenters. The lowest BCUT2D eigenvalue weighted by atomic mass is 10.2. The molecule has 0 heterocycles. The van der Waals surface area contributed by atoms with Crippen molar-refractivity contribution in [2.75, 3.05) is 16.6 Å². The van der Waals surface area contributed by atoms with E-state index in [0.29, 0.717) is 16.9 Å². The third kappa shape index (κ3) is 4.47. The summed E-state index contributed by atoms with van der Waals surface area (Å²) in [5.41, 5.74) is 1.06. The van der Waals surface area contributed by atoms with E-state index in [0.717, 1.165) is 0 Å². The lowest BCUT2D eigenvalue weighted by Crippen LogP contribution is -2.14. The van der Waals surface area contributed by atoms with Crippen LogP contribution in [0.5, 0.6) is 0 Å². The van der Waals surface area contributed by atoms with Crippen molar-refractivity contribution in [2.24, 2.45) is 0 Å². The number of carbonyl (C=O) groups is 1. The minimum Gasteiger partial charge on any atom is -0.450 e. The Hall–Kier alpha value is -3.05. The summed E-state index contributed by atoms with van der Waals surface area (Å²) in [7, 11) is -3.80. The Kier molecular flexibility index (Phi) is 5.39. The first-order valence-corrected chi connectivity index (χ1v) is 8.50. The summed E-state index contributed by atoms with van der Waals surface area (Å²) in [6.07, 6.45) is -0.612. The molecule has 0 saturated heterocycles. The highest BCUT2D eigenvalue weighted by Gasteiger charge is 2.14. The summed E-state index contributed by atoms with van der Waals surface area (Å²) in [4.78, 5) is 11.3. The quantitative estimate of drug-likeness (QED) is 0.866. The standard InChI is InChI=1S/C16H15N3O4S/c1-2-23-16(20)18-13-6-8-15(9-7-13)24(21,22)19-14-5-3-4-12(10-14)11-17/h3-10,19H,2H2,1H3,(H,18,20). The molecule has 2 aromatic rings. The van der Waals surface area contributed by atoms with Crippen molar-refractivity contribution < 1.29 is 17.9 Å². The minimum absolute atomic E-state index is 0.0271. The summed E-state index contributed by atoms with van der Waals surface area (Å²) >= 11 is 0. The number of ether oxygens (including phenoxy) is 1. The Morgan fingerprint density at radius 3 is 2.50 bits per heavy atom. The van der Waals surface area contributed by atoms with E-state index in [4.69, 9.17) is 10.00 Å². The molecule has 0 aliphatic heterocycles. The third-order valence-corrected chi connectivity index (χ3v) is 4.33. The van der Waals surface area contributed by atoms with Crippen LogP contribution in [-0.4, -0.2) is 21.1 Å². The third-order valence-electron chi connectivity index (χ3n) is 2.93. The Balaban J connectivity index is 2.14. The maximum absolute atomic E-state index is 12.3. The molecule has 0 aliphatic rings. The van der Waals surface area contributed by atoms with Gasteiger partial charge < -0.3 is 4.74 Å². The van der Waals surface area contributed by atoms with Crippen LogP contribution in [0.15, 0.2) is 53.4 Å². The van der Waals surface area contributed by atoms with Gasteiger partial charge in [-0.05, 0) is 49.4 Å². The zero-order chi connectivity index (χ0) is 17.6. The largest absolute Gasteiger partial charge is 0.450 e. The number of benzene rings is 2. The normalized spacial score (nSPS) is 10.5. The number of hydrogen-bond donors (Lipinski definition) is 2. The Morgan fingerprint density at radius 2 is 1.88 bits per heavy atom. The molecule has 0 radical (unpaired) electrons. The zero-order valence-electron chi connectivity index (χ0n) is 12.8. The lowest BCUT2D eigenvalue weighted by molar-refractivity contribution is 0.168. The molecule has 124 valence electrons. The second kappa shape index (κ2) is 7.48. The molecule has 7 nitrogen and oxygen atoms in total. The summed E-state index contributed by atoms with van der Waals surface area (Å²) in [6, 6.07) is 13.7. The van der Waals surface area contributed by atoms with Gasteiger partial charge in [-0.25, -0.2) is 13.2 Å². The molecule has 2 N–H and O–H groups in total. The number of hydrogen-bond acceptors (Lipinski definition) is 5. The average molecular weight is 345 g/mol. The van der Waals surface area contributed by atoms with E-state index in [9.17, 15) is 13.2 Å². The molecular weight excluding hydrogens is 330 g/mol. The van der Waals surface area contributed by atoms with Crippen molar-refractivity contribution in [2.45, 2.75) is 11.8 Å². The number of carbonyl (C=O) groups excluding carboxylic acids is 1. The number of anilines is 2. The molecule has 0 saturated carbocycles. The van der Waals surface area contributed by atoms with Crippen LogP contribution in [0.3, 0.4) is 0 Å². The first-order valence-electron chi connectivity index (χ1n) is 7.01. The van der Waals surface area contributed by atoms with Crippen LogP contribution in [0.2, 0.25) is 0 Å². The van der Waals surface area contributed by atoms with Gasteiger partial charge in [0.15, 0.2) is 0 Å². The number of sulfonamides is 1. The van der Waals surface area contributed by atoms with Crippen molar-refractivity contribution in [3.63, 3.8) is 0 Å². The summed E-state index contributed by atoms with van der Waals surface area (Å²) < 4.78 is 31.8. The van der Waals surface area contributed by atoms with Gasteiger partial charge in [-0.1, -0.05) is 6.07 Å². The van der Waals surface area contributed by atoms with Gasteiger partial charge in [-0.15, -0.1) is 0 Å². The maximum atomic E-state index is 12.3. The SMILES string of the molecule is CCOC(=O)Nc1ccc(S(=O)(=O)Nc2cccc(C#N)c2)cc1. The second-order valence-electron chi connectivity index (χ2n) is 4.67. The number of amides is 1. The molecule has 0 bridgehead atoms. The highest BCUT2D eigenvalue weighted by atomic mass is 32.2. The van der Waals surface area contributed by atoms with Gasteiger partial charge in [-0.2, -0.15) is 5.26 Å². The van der Waals surface area contributed by atoms with E-state index >= 15 is 0 Å². The van der Waals surface area contributed by atoms with Crippen LogP contribution in [0, 0.1) is 11.3 Å². The number of rotatable bonds is 5. The van der Waals surface area contributed by atoms with Crippen molar-refractivity contribution in [1.82, 2.24) is 0 Å². The minimum atomic E-state index is -3.80. The van der Waals surface area contributed by atoms with Gasteiger partial charge in [0.1, 0.15) is 0 Å². The van der Waals surface area contributed by atoms with Crippen LogP contribution in [0.4, 0.5) is 16.2 Å². The topological polar surface area (TPSA) is 108 Å². The van der Waals surface area contributed by atoms with Crippen LogP contribution in [0.25, 0.3) is 0 Å². The fraction of sp³-hybridized carbons (Fsp3) is 0.125. The Morgan fingerprint density at radius 1 is 1.17 bits per heavy atom. The molecule has 8 heteroatoms. The molecule has 0 aliphatic carbocycles. The Bertz CT molecular complexity index is 871. The van der Waals surface area contributed by atoms with E-state index < -0.39 is 16.1 Å². The van der Waals surface area contributed by atoms with E-state index in [-0.39, 0.29) is 11.5 Å². The van der Waals surface area contributed by atoms with Crippen LogP contribution in [0.1, 0.15) is 12.5 Å². The molecule has 0 spiro atoms. The predicted molar refractivity (Wildman–Crippen MR) is 89.1 cm³/mol. The molecule has 24 heavy (non-hydrogen) atoms. The van der Waals surface area contributed by atoms with Gasteiger partial charge in [0, 0.05) is 5.69 Å². The van der Waals surface area contributed by atoms with Crippen molar-refractivity contribution in [3.05, 3.63) is 54.1 Å². The molecule has 0 unspecified atom stereocenters. The first-order chi connectivity index (χ1) is 11.4. The van der Waals surface area contributed by atoms with Gasteiger partial charge in [0.2, 0.25) is 0 Å². The van der Waals surface area contributed by atoms with Gasteiger partial charge >= 0.3 is 6.09 Å².